The van der Waals surface area contributed by atoms with E-state index in [4.69, 9.17) is 5.21 Å². The Bertz CT molecular complexity index is 507. The molecule has 2 N–H and O–H groups in total. The minimum absolute atomic E-state index is 0.556. The van der Waals surface area contributed by atoms with Crippen LogP contribution in [0.3, 0.4) is 0 Å². The lowest BCUT2D eigenvalue weighted by Crippen LogP contribution is -2.47. The largest absolute Gasteiger partial charge is 0.411 e. The van der Waals surface area contributed by atoms with Gasteiger partial charge in [-0.3, -0.25) is 0 Å². The Balaban J connectivity index is 1.84. The molecule has 2 aliphatic rings. The van der Waals surface area contributed by atoms with Crippen LogP contribution in [0.1, 0.15) is 44.1 Å². The topological polar surface area (TPSA) is 56.1 Å². The van der Waals surface area contributed by atoms with Gasteiger partial charge in [-0.15, -0.1) is 0 Å². The van der Waals surface area contributed by atoms with Crippen LogP contribution in [0.25, 0.3) is 0 Å². The summed E-state index contributed by atoms with van der Waals surface area (Å²) in [6.07, 6.45) is 5.99. The average Bonchev–Trinajstić information content (AvgIpc) is 2.48. The first-order chi connectivity index (χ1) is 9.72. The molecule has 1 fully saturated rings. The minimum Gasteiger partial charge on any atom is -0.411 e. The quantitative estimate of drug-likeness (QED) is 0.644. The molecule has 0 aromatic heterocycles. The molecule has 108 valence electrons. The van der Waals surface area contributed by atoms with Gasteiger partial charge in [0, 0.05) is 30.8 Å². The molecule has 3 rings (SSSR count). The summed E-state index contributed by atoms with van der Waals surface area (Å²) >= 11 is 0. The second-order valence-electron chi connectivity index (χ2n) is 6.02. The van der Waals surface area contributed by atoms with Crippen molar-refractivity contribution in [2.75, 3.05) is 18.0 Å². The maximum Gasteiger partial charge on any atom is 0.0906 e. The highest BCUT2D eigenvalue weighted by Gasteiger charge is 2.33. The third kappa shape index (κ3) is 2.52. The molecular formula is C16H22N2O2. The van der Waals surface area contributed by atoms with Crippen LogP contribution in [-0.4, -0.2) is 34.7 Å². The van der Waals surface area contributed by atoms with Crippen molar-refractivity contribution in [3.63, 3.8) is 0 Å². The van der Waals surface area contributed by atoms with Crippen LogP contribution in [0, 0.1) is 0 Å². The van der Waals surface area contributed by atoms with E-state index in [-0.39, 0.29) is 0 Å². The molecule has 0 unspecified atom stereocenters. The number of anilines is 1. The molecule has 0 atom stereocenters. The zero-order valence-electron chi connectivity index (χ0n) is 11.8. The minimum atomic E-state index is -0.556. The lowest BCUT2D eigenvalue weighted by atomic mass is 9.84. The highest BCUT2D eigenvalue weighted by atomic mass is 16.4. The van der Waals surface area contributed by atoms with Crippen LogP contribution in [0.2, 0.25) is 0 Å². The molecule has 1 heterocycles. The molecule has 20 heavy (non-hydrogen) atoms. The number of hydrogen-bond acceptors (Lipinski definition) is 4. The Morgan fingerprint density at radius 1 is 1.15 bits per heavy atom. The van der Waals surface area contributed by atoms with Crippen molar-refractivity contribution in [3.8, 4) is 0 Å². The van der Waals surface area contributed by atoms with Gasteiger partial charge >= 0.3 is 0 Å². The second-order valence-corrected chi connectivity index (χ2v) is 6.02. The average molecular weight is 274 g/mol. The number of hydrogen-bond donors (Lipinski definition) is 2. The van der Waals surface area contributed by atoms with E-state index < -0.39 is 5.60 Å². The van der Waals surface area contributed by atoms with E-state index in [0.717, 1.165) is 55.6 Å². The molecular weight excluding hydrogens is 252 g/mol. The van der Waals surface area contributed by atoms with Crippen molar-refractivity contribution in [3.05, 3.63) is 29.8 Å². The monoisotopic (exact) mass is 274 g/mol. The van der Waals surface area contributed by atoms with Gasteiger partial charge in [0.2, 0.25) is 0 Å². The van der Waals surface area contributed by atoms with E-state index in [1.165, 1.54) is 6.42 Å². The third-order valence-corrected chi connectivity index (χ3v) is 4.56. The highest BCUT2D eigenvalue weighted by molar-refractivity contribution is 6.06. The van der Waals surface area contributed by atoms with Gasteiger partial charge in [0.05, 0.1) is 11.3 Å². The van der Waals surface area contributed by atoms with E-state index in [1.807, 2.05) is 24.3 Å². The fraction of sp³-hybridized carbons (Fsp3) is 0.562. The molecule has 0 amide bonds. The van der Waals surface area contributed by atoms with Gasteiger partial charge < -0.3 is 15.2 Å². The van der Waals surface area contributed by atoms with Gasteiger partial charge in [-0.25, -0.2) is 0 Å². The van der Waals surface area contributed by atoms with E-state index >= 15 is 0 Å². The van der Waals surface area contributed by atoms with Crippen LogP contribution >= 0.6 is 0 Å². The molecule has 0 spiro atoms. The summed E-state index contributed by atoms with van der Waals surface area (Å²) in [4.78, 5) is 2.25. The lowest BCUT2D eigenvalue weighted by Gasteiger charge is -2.40. The number of oxime groups is 1. The van der Waals surface area contributed by atoms with Gasteiger partial charge in [0.25, 0.3) is 0 Å². The molecule has 4 heteroatoms. The summed E-state index contributed by atoms with van der Waals surface area (Å²) in [5.41, 5.74) is 2.25. The molecule has 1 aliphatic heterocycles. The maximum atomic E-state index is 10.8. The predicted octanol–water partition coefficient (Wildman–Crippen LogP) is 2.77. The number of fused-ring (bicyclic) bond motifs is 1. The number of aliphatic hydroxyl groups is 1. The van der Waals surface area contributed by atoms with Gasteiger partial charge in [-0.1, -0.05) is 42.6 Å². The Kier molecular flexibility index (Phi) is 3.66. The van der Waals surface area contributed by atoms with Crippen molar-refractivity contribution < 1.29 is 10.3 Å². The van der Waals surface area contributed by atoms with Gasteiger partial charge in [0.1, 0.15) is 0 Å². The maximum absolute atomic E-state index is 10.8. The number of β-amino-alcohol motifs (C(OH)–C–C–N with tert-alkyl or cyclic N) is 1. The number of rotatable bonds is 2. The second kappa shape index (κ2) is 5.44. The number of nitrogens with zero attached hydrogens (tertiary/aromatic N) is 2. The van der Waals surface area contributed by atoms with Crippen molar-refractivity contribution >= 4 is 11.4 Å². The smallest absolute Gasteiger partial charge is 0.0906 e. The van der Waals surface area contributed by atoms with Crippen LogP contribution in [0.15, 0.2) is 29.4 Å². The van der Waals surface area contributed by atoms with E-state index in [9.17, 15) is 5.11 Å². The first-order valence-electron chi connectivity index (χ1n) is 7.49. The predicted molar refractivity (Wildman–Crippen MR) is 79.6 cm³/mol. The van der Waals surface area contributed by atoms with Gasteiger partial charge in [0.15, 0.2) is 0 Å². The molecule has 0 radical (unpaired) electrons. The zero-order chi connectivity index (χ0) is 14.0. The summed E-state index contributed by atoms with van der Waals surface area (Å²) in [7, 11) is 0. The van der Waals surface area contributed by atoms with E-state index in [1.54, 1.807) is 0 Å². The van der Waals surface area contributed by atoms with Crippen molar-refractivity contribution in [1.82, 2.24) is 0 Å². The zero-order valence-corrected chi connectivity index (χ0v) is 11.8. The van der Waals surface area contributed by atoms with Crippen LogP contribution in [0.4, 0.5) is 5.69 Å². The van der Waals surface area contributed by atoms with E-state index in [0.29, 0.717) is 6.54 Å². The molecule has 4 nitrogen and oxygen atoms in total. The summed E-state index contributed by atoms with van der Waals surface area (Å²) in [6.45, 7) is 1.49. The molecule has 1 aliphatic carbocycles. The molecule has 0 saturated heterocycles. The van der Waals surface area contributed by atoms with Crippen LogP contribution < -0.4 is 4.90 Å². The van der Waals surface area contributed by atoms with Gasteiger partial charge in [-0.2, -0.15) is 0 Å². The summed E-state index contributed by atoms with van der Waals surface area (Å²) in [5.74, 6) is 0. The summed E-state index contributed by atoms with van der Waals surface area (Å²) in [6, 6.07) is 7.99. The lowest BCUT2D eigenvalue weighted by molar-refractivity contribution is 0.0110. The van der Waals surface area contributed by atoms with Crippen molar-refractivity contribution in [2.45, 2.75) is 44.1 Å². The Morgan fingerprint density at radius 3 is 2.65 bits per heavy atom. The molecule has 1 aromatic rings. The standard InChI is InChI=1S/C16H22N2O2/c19-16(9-4-1-5-10-16)12-18-11-8-14(17-20)13-6-2-3-7-15(13)18/h2-3,6-7,19-20H,1,4-5,8-12H2. The fourth-order valence-electron chi connectivity index (χ4n) is 3.48. The van der Waals surface area contributed by atoms with Crippen molar-refractivity contribution in [2.24, 2.45) is 5.16 Å². The first kappa shape index (κ1) is 13.4. The van der Waals surface area contributed by atoms with Crippen LogP contribution in [0.5, 0.6) is 0 Å². The summed E-state index contributed by atoms with van der Waals surface area (Å²) in [5, 5.41) is 23.3. The van der Waals surface area contributed by atoms with E-state index in [2.05, 4.69) is 10.1 Å². The third-order valence-electron chi connectivity index (χ3n) is 4.56. The van der Waals surface area contributed by atoms with Crippen molar-refractivity contribution in [1.29, 1.82) is 0 Å². The Labute approximate surface area is 119 Å². The highest BCUT2D eigenvalue weighted by Crippen LogP contribution is 2.33. The number of benzene rings is 1. The van der Waals surface area contributed by atoms with Crippen LogP contribution in [-0.2, 0) is 0 Å². The molecule has 1 aromatic carbocycles. The van der Waals surface area contributed by atoms with Gasteiger partial charge in [-0.05, 0) is 18.9 Å². The Hall–Kier alpha value is -1.55. The fourth-order valence-corrected chi connectivity index (χ4v) is 3.48. The summed E-state index contributed by atoms with van der Waals surface area (Å²) < 4.78 is 0. The molecule has 1 saturated carbocycles. The first-order valence-corrected chi connectivity index (χ1v) is 7.49. The Morgan fingerprint density at radius 2 is 1.90 bits per heavy atom. The molecule has 0 bridgehead atoms. The number of para-hydroxylation sites is 1. The normalized spacial score (nSPS) is 23.6. The SMILES string of the molecule is ON=C1CCN(CC2(O)CCCCC2)c2ccccc21.